The Morgan fingerprint density at radius 1 is 1.75 bits per heavy atom. The molecule has 0 radical (unpaired) electrons. The number of methoxy groups -OCH3 is 1. The number of aromatic nitrogens is 1. The number of esters is 1. The van der Waals surface area contributed by atoms with Crippen molar-refractivity contribution < 1.29 is 14.6 Å². The van der Waals surface area contributed by atoms with Crippen molar-refractivity contribution in [3.8, 4) is 0 Å². The molecule has 1 atom stereocenters. The van der Waals surface area contributed by atoms with Gasteiger partial charge in [0.05, 0.1) is 13.7 Å². The molecule has 0 aliphatic heterocycles. The molecule has 16 heavy (non-hydrogen) atoms. The van der Waals surface area contributed by atoms with Crippen LogP contribution in [0.2, 0.25) is 0 Å². The van der Waals surface area contributed by atoms with E-state index >= 15 is 0 Å². The Labute approximate surface area is 102 Å². The monoisotopic (exact) mass is 288 g/mol. The molecule has 0 aliphatic carbocycles. The lowest BCUT2D eigenvalue weighted by atomic mass is 10.2. The number of aliphatic hydroxyl groups is 1. The highest BCUT2D eigenvalue weighted by atomic mass is 79.9. The van der Waals surface area contributed by atoms with E-state index in [4.69, 9.17) is 5.11 Å². The maximum atomic E-state index is 11.2. The number of ether oxygens (including phenoxy) is 1. The van der Waals surface area contributed by atoms with Crippen LogP contribution >= 0.6 is 15.9 Å². The van der Waals surface area contributed by atoms with Crippen molar-refractivity contribution in [1.82, 2.24) is 4.98 Å². The molecule has 0 saturated heterocycles. The molecule has 0 fully saturated rings. The number of hydrogen-bond acceptors (Lipinski definition) is 5. The van der Waals surface area contributed by atoms with E-state index < -0.39 is 12.0 Å². The van der Waals surface area contributed by atoms with Gasteiger partial charge >= 0.3 is 5.97 Å². The Bertz CT molecular complexity index is 384. The van der Waals surface area contributed by atoms with Gasteiger partial charge in [0.15, 0.2) is 0 Å². The van der Waals surface area contributed by atoms with Crippen LogP contribution in [0.25, 0.3) is 0 Å². The maximum Gasteiger partial charge on any atom is 0.330 e. The number of carbonyl (C=O) groups is 1. The van der Waals surface area contributed by atoms with E-state index in [-0.39, 0.29) is 6.61 Å². The Morgan fingerprint density at radius 3 is 2.94 bits per heavy atom. The van der Waals surface area contributed by atoms with E-state index in [9.17, 15) is 4.79 Å². The standard InChI is InChI=1S/C10H13BrN2O3/c1-6-3-9(12-4-7(6)11)13-8(5-14)10(15)16-2/h3-4,8,14H,5H2,1-2H3,(H,12,13). The highest BCUT2D eigenvalue weighted by Gasteiger charge is 2.18. The minimum Gasteiger partial charge on any atom is -0.467 e. The number of hydrogen-bond donors (Lipinski definition) is 2. The summed E-state index contributed by atoms with van der Waals surface area (Å²) < 4.78 is 5.42. The van der Waals surface area contributed by atoms with Crippen LogP contribution in [0, 0.1) is 6.92 Å². The molecule has 1 heterocycles. The third-order valence-electron chi connectivity index (χ3n) is 2.04. The lowest BCUT2D eigenvalue weighted by molar-refractivity contribution is -0.142. The normalized spacial score (nSPS) is 12.0. The summed E-state index contributed by atoms with van der Waals surface area (Å²) in [5, 5.41) is 11.8. The first-order valence-electron chi connectivity index (χ1n) is 4.66. The van der Waals surface area contributed by atoms with E-state index in [1.54, 1.807) is 12.3 Å². The van der Waals surface area contributed by atoms with Gasteiger partial charge in [-0.15, -0.1) is 0 Å². The topological polar surface area (TPSA) is 71.5 Å². The van der Waals surface area contributed by atoms with Gasteiger partial charge in [-0.1, -0.05) is 0 Å². The summed E-state index contributed by atoms with van der Waals surface area (Å²) >= 11 is 3.32. The quantitative estimate of drug-likeness (QED) is 0.812. The molecule has 0 spiro atoms. The van der Waals surface area contributed by atoms with Crippen molar-refractivity contribution in [3.05, 3.63) is 22.3 Å². The highest BCUT2D eigenvalue weighted by molar-refractivity contribution is 9.10. The van der Waals surface area contributed by atoms with Crippen LogP contribution in [0.4, 0.5) is 5.82 Å². The minimum absolute atomic E-state index is 0.344. The molecule has 1 aromatic rings. The average Bonchev–Trinajstić information content (AvgIpc) is 2.29. The molecule has 6 heteroatoms. The van der Waals surface area contributed by atoms with Crippen molar-refractivity contribution >= 4 is 27.7 Å². The van der Waals surface area contributed by atoms with E-state index in [0.29, 0.717) is 5.82 Å². The third kappa shape index (κ3) is 3.18. The molecule has 88 valence electrons. The second-order valence-corrected chi connectivity index (χ2v) is 4.08. The molecule has 1 unspecified atom stereocenters. The van der Waals surface area contributed by atoms with Crippen LogP contribution < -0.4 is 5.32 Å². The zero-order valence-electron chi connectivity index (χ0n) is 9.03. The van der Waals surface area contributed by atoms with Gasteiger partial charge in [-0.2, -0.15) is 0 Å². The predicted octanol–water partition coefficient (Wildman–Crippen LogP) is 1.10. The Hall–Kier alpha value is -1.14. The predicted molar refractivity (Wildman–Crippen MR) is 63.2 cm³/mol. The first kappa shape index (κ1) is 12.9. The molecule has 1 aromatic heterocycles. The Morgan fingerprint density at radius 2 is 2.44 bits per heavy atom. The largest absolute Gasteiger partial charge is 0.467 e. The molecule has 0 aromatic carbocycles. The Kier molecular flexibility index (Phi) is 4.70. The van der Waals surface area contributed by atoms with Gasteiger partial charge < -0.3 is 15.2 Å². The second kappa shape index (κ2) is 5.81. The third-order valence-corrected chi connectivity index (χ3v) is 2.87. The van der Waals surface area contributed by atoms with Gasteiger partial charge in [0.25, 0.3) is 0 Å². The van der Waals surface area contributed by atoms with Crippen molar-refractivity contribution in [2.45, 2.75) is 13.0 Å². The lowest BCUT2D eigenvalue weighted by Crippen LogP contribution is -2.34. The molecular formula is C10H13BrN2O3. The number of nitrogens with zero attached hydrogens (tertiary/aromatic N) is 1. The molecule has 2 N–H and O–H groups in total. The Balaban J connectivity index is 2.78. The summed E-state index contributed by atoms with van der Waals surface area (Å²) in [6.45, 7) is 1.56. The fourth-order valence-electron chi connectivity index (χ4n) is 1.12. The zero-order chi connectivity index (χ0) is 12.1. The minimum atomic E-state index is -0.793. The van der Waals surface area contributed by atoms with Crippen molar-refractivity contribution in [3.63, 3.8) is 0 Å². The average molecular weight is 289 g/mol. The molecule has 0 bridgehead atoms. The van der Waals surface area contributed by atoms with E-state index in [1.165, 1.54) is 7.11 Å². The van der Waals surface area contributed by atoms with Gasteiger partial charge in [-0.25, -0.2) is 9.78 Å². The zero-order valence-corrected chi connectivity index (χ0v) is 10.6. The fraction of sp³-hybridized carbons (Fsp3) is 0.400. The van der Waals surface area contributed by atoms with Crippen molar-refractivity contribution in [2.24, 2.45) is 0 Å². The number of aryl methyl sites for hydroxylation is 1. The van der Waals surface area contributed by atoms with E-state index in [1.807, 2.05) is 6.92 Å². The van der Waals surface area contributed by atoms with Crippen molar-refractivity contribution in [2.75, 3.05) is 19.0 Å². The second-order valence-electron chi connectivity index (χ2n) is 3.22. The summed E-state index contributed by atoms with van der Waals surface area (Å²) in [6, 6.07) is 0.980. The van der Waals surface area contributed by atoms with Crippen LogP contribution in [0.5, 0.6) is 0 Å². The summed E-state index contributed by atoms with van der Waals surface area (Å²) in [4.78, 5) is 15.3. The summed E-state index contributed by atoms with van der Waals surface area (Å²) in [5.41, 5.74) is 0.985. The van der Waals surface area contributed by atoms with E-state index in [2.05, 4.69) is 31.0 Å². The fourth-order valence-corrected chi connectivity index (χ4v) is 1.33. The van der Waals surface area contributed by atoms with E-state index in [0.717, 1.165) is 10.0 Å². The SMILES string of the molecule is COC(=O)C(CO)Nc1cc(C)c(Br)cn1. The first-order chi connectivity index (χ1) is 7.58. The smallest absolute Gasteiger partial charge is 0.330 e. The van der Waals surface area contributed by atoms with Gasteiger partial charge in [-0.05, 0) is 34.5 Å². The maximum absolute atomic E-state index is 11.2. The summed E-state index contributed by atoms with van der Waals surface area (Å²) in [6.07, 6.45) is 1.63. The van der Waals surface area contributed by atoms with Crippen LogP contribution in [-0.2, 0) is 9.53 Å². The van der Waals surface area contributed by atoms with Gasteiger partial charge in [0.2, 0.25) is 0 Å². The molecule has 0 saturated carbocycles. The number of halogens is 1. The molecular weight excluding hydrogens is 276 g/mol. The molecule has 1 rings (SSSR count). The number of anilines is 1. The summed E-state index contributed by atoms with van der Waals surface area (Å²) in [5.74, 6) is -0.00461. The van der Waals surface area contributed by atoms with Crippen LogP contribution in [0.15, 0.2) is 16.7 Å². The first-order valence-corrected chi connectivity index (χ1v) is 5.45. The highest BCUT2D eigenvalue weighted by Crippen LogP contribution is 2.17. The molecule has 0 aliphatic rings. The number of pyridine rings is 1. The van der Waals surface area contributed by atoms with Crippen LogP contribution in [0.1, 0.15) is 5.56 Å². The number of rotatable bonds is 4. The van der Waals surface area contributed by atoms with Crippen LogP contribution in [0.3, 0.4) is 0 Å². The van der Waals surface area contributed by atoms with Crippen LogP contribution in [-0.4, -0.2) is 35.8 Å². The number of aliphatic hydroxyl groups excluding tert-OH is 1. The van der Waals surface area contributed by atoms with Crippen molar-refractivity contribution in [1.29, 1.82) is 0 Å². The molecule has 0 amide bonds. The van der Waals surface area contributed by atoms with Gasteiger partial charge in [-0.3, -0.25) is 0 Å². The number of nitrogens with one attached hydrogen (secondary N) is 1. The lowest BCUT2D eigenvalue weighted by Gasteiger charge is -2.14. The number of carbonyl (C=O) groups excluding carboxylic acids is 1. The summed E-state index contributed by atoms with van der Waals surface area (Å²) in [7, 11) is 1.27. The molecule has 5 nitrogen and oxygen atoms in total. The van der Waals surface area contributed by atoms with Gasteiger partial charge in [0, 0.05) is 10.7 Å². The van der Waals surface area contributed by atoms with Gasteiger partial charge in [0.1, 0.15) is 11.9 Å².